The van der Waals surface area contributed by atoms with Gasteiger partial charge < -0.3 is 10.1 Å². The van der Waals surface area contributed by atoms with Crippen molar-refractivity contribution in [3.05, 3.63) is 47.5 Å². The van der Waals surface area contributed by atoms with Crippen LogP contribution in [0.3, 0.4) is 0 Å². The maximum Gasteiger partial charge on any atom is 0.407 e. The summed E-state index contributed by atoms with van der Waals surface area (Å²) in [6.45, 7) is 3.67. The quantitative estimate of drug-likeness (QED) is 0.819. The highest BCUT2D eigenvalue weighted by atomic mass is 35.5. The molecule has 0 heterocycles. The Labute approximate surface area is 106 Å². The van der Waals surface area contributed by atoms with Gasteiger partial charge in [0.25, 0.3) is 0 Å². The van der Waals surface area contributed by atoms with Crippen molar-refractivity contribution in [1.82, 2.24) is 5.32 Å². The molecule has 1 atom stereocenters. The number of halogens is 1. The Kier molecular flexibility index (Phi) is 5.57. The van der Waals surface area contributed by atoms with E-state index in [2.05, 4.69) is 16.6 Å². The van der Waals surface area contributed by atoms with Crippen LogP contribution in [0, 0.1) is 0 Å². The zero-order valence-corrected chi connectivity index (χ0v) is 10.5. The van der Waals surface area contributed by atoms with E-state index in [4.69, 9.17) is 11.6 Å². The minimum Gasteiger partial charge on any atom is -0.453 e. The predicted octanol–water partition coefficient (Wildman–Crippen LogP) is 3.18. The van der Waals surface area contributed by atoms with E-state index in [0.29, 0.717) is 17.9 Å². The molecule has 0 aliphatic rings. The monoisotopic (exact) mass is 253 g/mol. The van der Waals surface area contributed by atoms with Crippen molar-refractivity contribution in [3.63, 3.8) is 0 Å². The Bertz CT molecular complexity index is 393. The average molecular weight is 254 g/mol. The van der Waals surface area contributed by atoms with Crippen molar-refractivity contribution in [3.8, 4) is 0 Å². The molecule has 0 spiro atoms. The highest BCUT2D eigenvalue weighted by molar-refractivity contribution is 6.31. The lowest BCUT2D eigenvalue weighted by atomic mass is 10.0. The van der Waals surface area contributed by atoms with Gasteiger partial charge in [0.1, 0.15) is 0 Å². The van der Waals surface area contributed by atoms with E-state index >= 15 is 0 Å². The van der Waals surface area contributed by atoms with Gasteiger partial charge in [0.05, 0.1) is 7.11 Å². The predicted molar refractivity (Wildman–Crippen MR) is 69.3 cm³/mol. The van der Waals surface area contributed by atoms with Gasteiger partial charge in [0.2, 0.25) is 0 Å². The molecule has 0 saturated heterocycles. The fourth-order valence-corrected chi connectivity index (χ4v) is 1.76. The summed E-state index contributed by atoms with van der Waals surface area (Å²) in [5.41, 5.74) is 0.998. The first-order valence-electron chi connectivity index (χ1n) is 5.36. The number of benzene rings is 1. The van der Waals surface area contributed by atoms with Crippen LogP contribution in [0.25, 0.3) is 0 Å². The molecule has 1 N–H and O–H groups in total. The molecule has 4 heteroatoms. The lowest BCUT2D eigenvalue weighted by Gasteiger charge is -2.17. The number of methoxy groups -OCH3 is 1. The molecule has 1 aromatic carbocycles. The van der Waals surface area contributed by atoms with Crippen molar-refractivity contribution < 1.29 is 9.53 Å². The zero-order chi connectivity index (χ0) is 12.7. The second kappa shape index (κ2) is 6.97. The Morgan fingerprint density at radius 2 is 2.29 bits per heavy atom. The van der Waals surface area contributed by atoms with Crippen molar-refractivity contribution in [2.24, 2.45) is 0 Å². The minimum absolute atomic E-state index is 0.0557. The molecule has 0 radical (unpaired) electrons. The SMILES string of the molecule is C=CC[C@H](Cc1ccccc1Cl)NC(=O)OC. The molecule has 1 aromatic rings. The second-order valence-electron chi connectivity index (χ2n) is 3.65. The van der Waals surface area contributed by atoms with Gasteiger partial charge in [-0.25, -0.2) is 4.79 Å². The standard InChI is InChI=1S/C13H16ClNO2/c1-3-6-11(15-13(16)17-2)9-10-7-4-5-8-12(10)14/h3-5,7-8,11H,1,6,9H2,2H3,(H,15,16)/t11-/m1/s1. The third-order valence-electron chi connectivity index (χ3n) is 2.38. The first-order chi connectivity index (χ1) is 8.17. The Morgan fingerprint density at radius 1 is 1.59 bits per heavy atom. The van der Waals surface area contributed by atoms with Gasteiger partial charge in [-0.05, 0) is 24.5 Å². The molecular formula is C13H16ClNO2. The molecule has 0 aromatic heterocycles. The Balaban J connectivity index is 2.69. The summed E-state index contributed by atoms with van der Waals surface area (Å²) in [6, 6.07) is 7.52. The van der Waals surface area contributed by atoms with E-state index in [1.54, 1.807) is 6.08 Å². The average Bonchev–Trinajstić information content (AvgIpc) is 2.32. The molecule has 0 fully saturated rings. The van der Waals surface area contributed by atoms with E-state index < -0.39 is 6.09 Å². The second-order valence-corrected chi connectivity index (χ2v) is 4.06. The number of amides is 1. The third kappa shape index (κ3) is 4.49. The molecule has 1 rings (SSSR count). The number of hydrogen-bond donors (Lipinski definition) is 1. The molecule has 0 unspecified atom stereocenters. The van der Waals surface area contributed by atoms with Crippen LogP contribution in [-0.2, 0) is 11.2 Å². The Hall–Kier alpha value is -1.48. The Morgan fingerprint density at radius 3 is 2.88 bits per heavy atom. The molecule has 0 bridgehead atoms. The van der Waals surface area contributed by atoms with Crippen LogP contribution in [-0.4, -0.2) is 19.2 Å². The van der Waals surface area contributed by atoms with Crippen molar-refractivity contribution in [2.45, 2.75) is 18.9 Å². The highest BCUT2D eigenvalue weighted by Crippen LogP contribution is 2.17. The van der Waals surface area contributed by atoms with Gasteiger partial charge in [-0.1, -0.05) is 35.9 Å². The van der Waals surface area contributed by atoms with Crippen LogP contribution in [0.1, 0.15) is 12.0 Å². The summed E-state index contributed by atoms with van der Waals surface area (Å²) in [7, 11) is 1.34. The van der Waals surface area contributed by atoms with Gasteiger partial charge >= 0.3 is 6.09 Å². The van der Waals surface area contributed by atoms with Crippen LogP contribution < -0.4 is 5.32 Å². The van der Waals surface area contributed by atoms with Gasteiger partial charge in [0.15, 0.2) is 0 Å². The molecular weight excluding hydrogens is 238 g/mol. The number of ether oxygens (including phenoxy) is 1. The summed E-state index contributed by atoms with van der Waals surface area (Å²) >= 11 is 6.07. The number of hydrogen-bond acceptors (Lipinski definition) is 2. The number of alkyl carbamates (subject to hydrolysis) is 1. The van der Waals surface area contributed by atoms with E-state index in [1.807, 2.05) is 24.3 Å². The molecule has 0 aliphatic heterocycles. The van der Waals surface area contributed by atoms with Crippen LogP contribution in [0.4, 0.5) is 4.79 Å². The zero-order valence-electron chi connectivity index (χ0n) is 9.78. The van der Waals surface area contributed by atoms with E-state index in [0.717, 1.165) is 5.56 Å². The van der Waals surface area contributed by atoms with Crippen molar-refractivity contribution >= 4 is 17.7 Å². The topological polar surface area (TPSA) is 38.3 Å². The minimum atomic E-state index is -0.441. The lowest BCUT2D eigenvalue weighted by molar-refractivity contribution is 0.166. The van der Waals surface area contributed by atoms with Gasteiger partial charge in [0, 0.05) is 11.1 Å². The highest BCUT2D eigenvalue weighted by Gasteiger charge is 2.13. The van der Waals surface area contributed by atoms with E-state index in [1.165, 1.54) is 7.11 Å². The molecule has 3 nitrogen and oxygen atoms in total. The normalized spacial score (nSPS) is 11.6. The molecule has 92 valence electrons. The summed E-state index contributed by atoms with van der Waals surface area (Å²) in [4.78, 5) is 11.2. The molecule has 17 heavy (non-hydrogen) atoms. The van der Waals surface area contributed by atoms with Crippen LogP contribution >= 0.6 is 11.6 Å². The third-order valence-corrected chi connectivity index (χ3v) is 2.75. The van der Waals surface area contributed by atoms with Crippen LogP contribution in [0.2, 0.25) is 5.02 Å². The largest absolute Gasteiger partial charge is 0.453 e. The number of rotatable bonds is 5. The summed E-state index contributed by atoms with van der Waals surface area (Å²) in [6.07, 6.45) is 2.64. The lowest BCUT2D eigenvalue weighted by Crippen LogP contribution is -2.36. The van der Waals surface area contributed by atoms with Crippen LogP contribution in [0.15, 0.2) is 36.9 Å². The maximum atomic E-state index is 11.2. The van der Waals surface area contributed by atoms with Crippen molar-refractivity contribution in [2.75, 3.05) is 7.11 Å². The van der Waals surface area contributed by atoms with E-state index in [9.17, 15) is 4.79 Å². The smallest absolute Gasteiger partial charge is 0.407 e. The van der Waals surface area contributed by atoms with E-state index in [-0.39, 0.29) is 6.04 Å². The molecule has 0 aliphatic carbocycles. The van der Waals surface area contributed by atoms with Crippen molar-refractivity contribution in [1.29, 1.82) is 0 Å². The molecule has 0 saturated carbocycles. The summed E-state index contributed by atoms with van der Waals surface area (Å²) in [5, 5.41) is 3.45. The summed E-state index contributed by atoms with van der Waals surface area (Å²) in [5.74, 6) is 0. The van der Waals surface area contributed by atoms with Crippen LogP contribution in [0.5, 0.6) is 0 Å². The fourth-order valence-electron chi connectivity index (χ4n) is 1.55. The first-order valence-corrected chi connectivity index (χ1v) is 5.74. The first kappa shape index (κ1) is 13.6. The maximum absolute atomic E-state index is 11.2. The van der Waals surface area contributed by atoms with Gasteiger partial charge in [-0.3, -0.25) is 0 Å². The number of nitrogens with one attached hydrogen (secondary N) is 1. The summed E-state index contributed by atoms with van der Waals surface area (Å²) < 4.78 is 4.58. The number of carbonyl (C=O) groups excluding carboxylic acids is 1. The van der Waals surface area contributed by atoms with Gasteiger partial charge in [-0.2, -0.15) is 0 Å². The fraction of sp³-hybridized carbons (Fsp3) is 0.308. The van der Waals surface area contributed by atoms with Gasteiger partial charge in [-0.15, -0.1) is 6.58 Å². The number of carbonyl (C=O) groups is 1. The molecule has 1 amide bonds.